The Balaban J connectivity index is 2.12. The average Bonchev–Trinajstić information content (AvgIpc) is 2.92. The highest BCUT2D eigenvalue weighted by atomic mass is 16.2. The van der Waals surface area contributed by atoms with Crippen LogP contribution in [0.15, 0.2) is 18.2 Å². The Morgan fingerprint density at radius 3 is 2.55 bits per heavy atom. The molecule has 0 saturated carbocycles. The molecule has 0 aliphatic carbocycles. The van der Waals surface area contributed by atoms with Gasteiger partial charge in [0.15, 0.2) is 0 Å². The van der Waals surface area contributed by atoms with Crippen molar-refractivity contribution in [3.63, 3.8) is 0 Å². The number of nitrogens with two attached hydrogens (primary N) is 2. The third kappa shape index (κ3) is 2.84. The number of amides is 2. The van der Waals surface area contributed by atoms with Crippen molar-refractivity contribution in [3.8, 4) is 0 Å². The maximum atomic E-state index is 12.1. The van der Waals surface area contributed by atoms with Crippen LogP contribution in [0.2, 0.25) is 0 Å². The second-order valence-electron chi connectivity index (χ2n) is 5.05. The van der Waals surface area contributed by atoms with Crippen LogP contribution in [0.4, 0.5) is 11.4 Å². The zero-order valence-corrected chi connectivity index (χ0v) is 11.6. The molecule has 2 amide bonds. The van der Waals surface area contributed by atoms with Crippen LogP contribution in [0, 0.1) is 0 Å². The first-order valence-electron chi connectivity index (χ1n) is 6.68. The predicted octanol–water partition coefficient (Wildman–Crippen LogP) is 0.426. The van der Waals surface area contributed by atoms with E-state index in [1.165, 1.54) is 0 Å². The fourth-order valence-electron chi connectivity index (χ4n) is 2.46. The minimum Gasteiger partial charge on any atom is -0.396 e. The van der Waals surface area contributed by atoms with Crippen LogP contribution in [0.25, 0.3) is 0 Å². The molecule has 0 unspecified atom stereocenters. The molecule has 0 atom stereocenters. The fraction of sp³-hybridized carbons (Fsp3) is 0.429. The van der Waals surface area contributed by atoms with E-state index >= 15 is 0 Å². The maximum Gasteiger partial charge on any atom is 0.250 e. The van der Waals surface area contributed by atoms with Gasteiger partial charge in [-0.15, -0.1) is 0 Å². The highest BCUT2D eigenvalue weighted by molar-refractivity contribution is 6.01. The number of likely N-dealkylation sites (N-methyl/N-ethyl adjacent to an activating group) is 1. The van der Waals surface area contributed by atoms with Crippen molar-refractivity contribution in [2.45, 2.75) is 12.8 Å². The Labute approximate surface area is 118 Å². The van der Waals surface area contributed by atoms with Crippen molar-refractivity contribution >= 4 is 23.2 Å². The van der Waals surface area contributed by atoms with Gasteiger partial charge in [-0.2, -0.15) is 0 Å². The summed E-state index contributed by atoms with van der Waals surface area (Å²) in [5, 5.41) is 0. The van der Waals surface area contributed by atoms with Crippen LogP contribution in [-0.2, 0) is 4.79 Å². The van der Waals surface area contributed by atoms with E-state index in [0.717, 1.165) is 25.9 Å². The van der Waals surface area contributed by atoms with Gasteiger partial charge in [0.05, 0.1) is 23.5 Å². The van der Waals surface area contributed by atoms with Gasteiger partial charge in [-0.3, -0.25) is 9.59 Å². The minimum absolute atomic E-state index is 0.0777. The van der Waals surface area contributed by atoms with Gasteiger partial charge in [0.1, 0.15) is 0 Å². The molecular weight excluding hydrogens is 256 g/mol. The van der Waals surface area contributed by atoms with Crippen molar-refractivity contribution in [1.82, 2.24) is 4.90 Å². The Bertz CT molecular complexity index is 524. The number of benzene rings is 1. The van der Waals surface area contributed by atoms with Crippen LogP contribution in [0.3, 0.4) is 0 Å². The molecule has 2 rings (SSSR count). The molecule has 20 heavy (non-hydrogen) atoms. The molecule has 1 heterocycles. The van der Waals surface area contributed by atoms with Gasteiger partial charge in [-0.25, -0.2) is 0 Å². The number of likely N-dealkylation sites (tertiary alicyclic amines) is 1. The lowest BCUT2D eigenvalue weighted by Gasteiger charge is -2.24. The van der Waals surface area contributed by atoms with Crippen molar-refractivity contribution in [1.29, 1.82) is 0 Å². The third-order valence-electron chi connectivity index (χ3n) is 3.59. The lowest BCUT2D eigenvalue weighted by atomic mass is 10.1. The normalized spacial score (nSPS) is 14.3. The smallest absolute Gasteiger partial charge is 0.250 e. The van der Waals surface area contributed by atoms with E-state index in [1.807, 2.05) is 4.90 Å². The summed E-state index contributed by atoms with van der Waals surface area (Å²) >= 11 is 0. The molecule has 6 heteroatoms. The molecule has 1 aliphatic rings. The van der Waals surface area contributed by atoms with E-state index in [-0.39, 0.29) is 18.0 Å². The maximum absolute atomic E-state index is 12.1. The monoisotopic (exact) mass is 276 g/mol. The number of carbonyl (C=O) groups excluding carboxylic acids is 2. The molecule has 0 radical (unpaired) electrons. The molecule has 1 aromatic carbocycles. The van der Waals surface area contributed by atoms with Crippen LogP contribution in [-0.4, -0.2) is 43.4 Å². The average molecular weight is 276 g/mol. The fourth-order valence-corrected chi connectivity index (χ4v) is 2.46. The molecule has 0 aromatic heterocycles. The number of anilines is 2. The van der Waals surface area contributed by atoms with Gasteiger partial charge in [-0.1, -0.05) is 6.07 Å². The van der Waals surface area contributed by atoms with Crippen LogP contribution in [0.5, 0.6) is 0 Å². The van der Waals surface area contributed by atoms with E-state index in [0.29, 0.717) is 11.4 Å². The number of hydrogen-bond donors (Lipinski definition) is 2. The first-order chi connectivity index (χ1) is 9.50. The van der Waals surface area contributed by atoms with Crippen molar-refractivity contribution in [3.05, 3.63) is 23.8 Å². The minimum atomic E-state index is -0.566. The number of nitrogen functional groups attached to an aromatic ring is 1. The highest BCUT2D eigenvalue weighted by Crippen LogP contribution is 2.25. The summed E-state index contributed by atoms with van der Waals surface area (Å²) in [7, 11) is 1.78. The standard InChI is InChI=1S/C14H20N4O2/c1-17(9-12(19)18-7-2-3-8-18)11-6-4-5-10(13(11)15)14(16)20/h4-6H,2-3,7-9,15H2,1H3,(H2,16,20). The summed E-state index contributed by atoms with van der Waals surface area (Å²) in [6, 6.07) is 5.07. The van der Waals surface area contributed by atoms with Crippen molar-refractivity contribution in [2.24, 2.45) is 5.73 Å². The highest BCUT2D eigenvalue weighted by Gasteiger charge is 2.20. The first kappa shape index (κ1) is 14.2. The van der Waals surface area contributed by atoms with Gasteiger partial charge in [0.2, 0.25) is 5.91 Å². The molecule has 108 valence electrons. The lowest BCUT2D eigenvalue weighted by molar-refractivity contribution is -0.128. The van der Waals surface area contributed by atoms with Gasteiger partial charge in [0, 0.05) is 20.1 Å². The quantitative estimate of drug-likeness (QED) is 0.780. The summed E-state index contributed by atoms with van der Waals surface area (Å²) in [5.41, 5.74) is 12.5. The summed E-state index contributed by atoms with van der Waals surface area (Å²) in [6.07, 6.45) is 2.13. The molecular formula is C14H20N4O2. The lowest BCUT2D eigenvalue weighted by Crippen LogP contribution is -2.37. The summed E-state index contributed by atoms with van der Waals surface area (Å²) in [6.45, 7) is 1.89. The molecule has 0 bridgehead atoms. The van der Waals surface area contributed by atoms with E-state index in [2.05, 4.69) is 0 Å². The van der Waals surface area contributed by atoms with Crippen LogP contribution < -0.4 is 16.4 Å². The van der Waals surface area contributed by atoms with Crippen molar-refractivity contribution < 1.29 is 9.59 Å². The Morgan fingerprint density at radius 1 is 1.30 bits per heavy atom. The second kappa shape index (κ2) is 5.81. The van der Waals surface area contributed by atoms with Gasteiger partial charge < -0.3 is 21.3 Å². The molecule has 1 aliphatic heterocycles. The number of para-hydroxylation sites is 1. The van der Waals surface area contributed by atoms with E-state index in [9.17, 15) is 9.59 Å². The second-order valence-corrected chi connectivity index (χ2v) is 5.05. The molecule has 1 saturated heterocycles. The van der Waals surface area contributed by atoms with E-state index in [4.69, 9.17) is 11.5 Å². The Kier molecular flexibility index (Phi) is 4.12. The first-order valence-corrected chi connectivity index (χ1v) is 6.68. The van der Waals surface area contributed by atoms with Gasteiger partial charge >= 0.3 is 0 Å². The topological polar surface area (TPSA) is 92.7 Å². The SMILES string of the molecule is CN(CC(=O)N1CCCC1)c1cccc(C(N)=O)c1N. The Hall–Kier alpha value is -2.24. The van der Waals surface area contributed by atoms with Gasteiger partial charge in [-0.05, 0) is 25.0 Å². The number of nitrogens with zero attached hydrogens (tertiary/aromatic N) is 2. The summed E-state index contributed by atoms with van der Waals surface area (Å²) in [5.74, 6) is -0.488. The van der Waals surface area contributed by atoms with E-state index < -0.39 is 5.91 Å². The number of rotatable bonds is 4. The zero-order chi connectivity index (χ0) is 14.7. The van der Waals surface area contributed by atoms with Crippen LogP contribution >= 0.6 is 0 Å². The largest absolute Gasteiger partial charge is 0.396 e. The summed E-state index contributed by atoms with van der Waals surface area (Å²) in [4.78, 5) is 27.0. The molecule has 4 N–H and O–H groups in total. The van der Waals surface area contributed by atoms with Crippen LogP contribution in [0.1, 0.15) is 23.2 Å². The zero-order valence-electron chi connectivity index (χ0n) is 11.6. The summed E-state index contributed by atoms with van der Waals surface area (Å²) < 4.78 is 0. The number of hydrogen-bond acceptors (Lipinski definition) is 4. The number of carbonyl (C=O) groups is 2. The molecule has 6 nitrogen and oxygen atoms in total. The molecule has 1 fully saturated rings. The van der Waals surface area contributed by atoms with E-state index in [1.54, 1.807) is 30.1 Å². The Morgan fingerprint density at radius 2 is 1.95 bits per heavy atom. The molecule has 1 aromatic rings. The molecule has 0 spiro atoms. The van der Waals surface area contributed by atoms with Crippen molar-refractivity contribution in [2.75, 3.05) is 37.3 Å². The van der Waals surface area contributed by atoms with Gasteiger partial charge in [0.25, 0.3) is 5.91 Å². The third-order valence-corrected chi connectivity index (χ3v) is 3.59. The predicted molar refractivity (Wildman–Crippen MR) is 78.5 cm³/mol. The number of primary amides is 1.